The van der Waals surface area contributed by atoms with Gasteiger partial charge in [0.15, 0.2) is 0 Å². The lowest BCUT2D eigenvalue weighted by Gasteiger charge is -2.15. The largest absolute Gasteiger partial charge is 0.497 e. The Morgan fingerprint density at radius 1 is 1.38 bits per heavy atom. The van der Waals surface area contributed by atoms with Crippen molar-refractivity contribution in [2.24, 2.45) is 5.73 Å². The van der Waals surface area contributed by atoms with Crippen molar-refractivity contribution in [3.63, 3.8) is 0 Å². The van der Waals surface area contributed by atoms with Gasteiger partial charge in [0.25, 0.3) is 11.7 Å². The SMILES string of the molecule is COc1ccc2c(c1)N(CCN)C(=O)C2=O. The van der Waals surface area contributed by atoms with Crippen LogP contribution in [0.1, 0.15) is 10.4 Å². The van der Waals surface area contributed by atoms with E-state index in [1.54, 1.807) is 18.2 Å². The van der Waals surface area contributed by atoms with Crippen LogP contribution in [0, 0.1) is 0 Å². The Morgan fingerprint density at radius 2 is 2.12 bits per heavy atom. The van der Waals surface area contributed by atoms with Gasteiger partial charge in [-0.05, 0) is 12.1 Å². The molecule has 1 aromatic rings. The van der Waals surface area contributed by atoms with Crippen LogP contribution in [0.3, 0.4) is 0 Å². The molecule has 1 aromatic carbocycles. The number of ketones is 1. The van der Waals surface area contributed by atoms with Crippen molar-refractivity contribution in [3.8, 4) is 5.75 Å². The second kappa shape index (κ2) is 3.94. The van der Waals surface area contributed by atoms with Crippen LogP contribution in [0.2, 0.25) is 0 Å². The van der Waals surface area contributed by atoms with Crippen LogP contribution >= 0.6 is 0 Å². The molecule has 0 fully saturated rings. The summed E-state index contributed by atoms with van der Waals surface area (Å²) in [5.74, 6) is -0.386. The van der Waals surface area contributed by atoms with Crippen LogP contribution in [-0.4, -0.2) is 31.9 Å². The van der Waals surface area contributed by atoms with Gasteiger partial charge in [-0.25, -0.2) is 0 Å². The summed E-state index contributed by atoms with van der Waals surface area (Å²) in [5.41, 5.74) is 6.41. The molecule has 0 aromatic heterocycles. The van der Waals surface area contributed by atoms with Crippen molar-refractivity contribution in [1.29, 1.82) is 0 Å². The minimum atomic E-state index is -0.520. The average molecular weight is 220 g/mol. The molecule has 0 saturated carbocycles. The van der Waals surface area contributed by atoms with Crippen molar-refractivity contribution in [2.75, 3.05) is 25.1 Å². The third-order valence-electron chi connectivity index (χ3n) is 2.53. The van der Waals surface area contributed by atoms with Crippen molar-refractivity contribution in [3.05, 3.63) is 23.8 Å². The molecule has 1 aliphatic rings. The summed E-state index contributed by atoms with van der Waals surface area (Å²) < 4.78 is 5.06. The van der Waals surface area contributed by atoms with Gasteiger partial charge in [0.2, 0.25) is 0 Å². The Kier molecular flexibility index (Phi) is 2.62. The highest BCUT2D eigenvalue weighted by Gasteiger charge is 2.35. The van der Waals surface area contributed by atoms with Crippen molar-refractivity contribution in [1.82, 2.24) is 0 Å². The summed E-state index contributed by atoms with van der Waals surface area (Å²) in [6.07, 6.45) is 0. The molecule has 0 atom stereocenters. The van der Waals surface area contributed by atoms with Gasteiger partial charge in [-0.2, -0.15) is 0 Å². The first-order chi connectivity index (χ1) is 7.69. The van der Waals surface area contributed by atoms with Gasteiger partial charge in [-0.3, -0.25) is 9.59 Å². The minimum absolute atomic E-state index is 0.315. The highest BCUT2D eigenvalue weighted by molar-refractivity contribution is 6.52. The zero-order chi connectivity index (χ0) is 11.7. The smallest absolute Gasteiger partial charge is 0.299 e. The number of amides is 1. The summed E-state index contributed by atoms with van der Waals surface area (Å²) in [6.45, 7) is 0.653. The Bertz CT molecular complexity index is 457. The zero-order valence-electron chi connectivity index (χ0n) is 8.90. The molecule has 2 N–H and O–H groups in total. The lowest BCUT2D eigenvalue weighted by atomic mass is 10.1. The number of carbonyl (C=O) groups is 2. The summed E-state index contributed by atoms with van der Waals surface area (Å²) >= 11 is 0. The number of nitrogens with two attached hydrogens (primary N) is 1. The number of fused-ring (bicyclic) bond motifs is 1. The fourth-order valence-corrected chi connectivity index (χ4v) is 1.75. The number of Topliss-reactive ketones (excluding diaryl/α,β-unsaturated/α-hetero) is 1. The fourth-order valence-electron chi connectivity index (χ4n) is 1.75. The Balaban J connectivity index is 2.48. The van der Waals surface area contributed by atoms with E-state index in [9.17, 15) is 9.59 Å². The highest BCUT2D eigenvalue weighted by Crippen LogP contribution is 2.31. The van der Waals surface area contributed by atoms with Gasteiger partial charge in [-0.15, -0.1) is 0 Å². The van der Waals surface area contributed by atoms with E-state index in [2.05, 4.69) is 0 Å². The molecule has 84 valence electrons. The maximum Gasteiger partial charge on any atom is 0.299 e. The molecule has 0 aliphatic carbocycles. The molecule has 0 spiro atoms. The van der Waals surface area contributed by atoms with Gasteiger partial charge >= 0.3 is 0 Å². The lowest BCUT2D eigenvalue weighted by Crippen LogP contribution is -2.34. The summed E-state index contributed by atoms with van der Waals surface area (Å²) in [5, 5.41) is 0. The molecular weight excluding hydrogens is 208 g/mol. The normalized spacial score (nSPS) is 14.2. The Hall–Kier alpha value is -1.88. The Labute approximate surface area is 92.8 Å². The number of rotatable bonds is 3. The third-order valence-corrected chi connectivity index (χ3v) is 2.53. The first kappa shape index (κ1) is 10.6. The number of benzene rings is 1. The number of carbonyl (C=O) groups excluding carboxylic acids is 2. The number of hydrogen-bond donors (Lipinski definition) is 1. The summed E-state index contributed by atoms with van der Waals surface area (Å²) in [7, 11) is 1.54. The monoisotopic (exact) mass is 220 g/mol. The van der Waals surface area contributed by atoms with E-state index in [-0.39, 0.29) is 0 Å². The van der Waals surface area contributed by atoms with Crippen molar-refractivity contribution < 1.29 is 14.3 Å². The van der Waals surface area contributed by atoms with Crippen LogP contribution in [0.5, 0.6) is 5.75 Å². The highest BCUT2D eigenvalue weighted by atomic mass is 16.5. The van der Waals surface area contributed by atoms with Gasteiger partial charge in [0.05, 0.1) is 18.4 Å². The van der Waals surface area contributed by atoms with Crippen LogP contribution in [0.4, 0.5) is 5.69 Å². The molecule has 1 amide bonds. The molecule has 16 heavy (non-hydrogen) atoms. The minimum Gasteiger partial charge on any atom is -0.497 e. The van der Waals surface area contributed by atoms with Crippen LogP contribution in [0.25, 0.3) is 0 Å². The predicted molar refractivity (Wildman–Crippen MR) is 58.7 cm³/mol. The number of ether oxygens (including phenoxy) is 1. The molecule has 0 bridgehead atoms. The molecule has 0 saturated heterocycles. The van der Waals surface area contributed by atoms with E-state index in [0.29, 0.717) is 30.1 Å². The number of methoxy groups -OCH3 is 1. The standard InChI is InChI=1S/C11H12N2O3/c1-16-7-2-3-8-9(6-7)13(5-4-12)11(15)10(8)14/h2-3,6H,4-5,12H2,1H3. The zero-order valence-corrected chi connectivity index (χ0v) is 8.90. The summed E-state index contributed by atoms with van der Waals surface area (Å²) in [6, 6.07) is 4.94. The maximum atomic E-state index is 11.6. The van der Waals surface area contributed by atoms with Gasteiger partial charge in [-0.1, -0.05) is 0 Å². The van der Waals surface area contributed by atoms with Crippen LogP contribution in [-0.2, 0) is 4.79 Å². The quantitative estimate of drug-likeness (QED) is 0.738. The fraction of sp³-hybridized carbons (Fsp3) is 0.273. The molecule has 2 rings (SSSR count). The second-order valence-electron chi connectivity index (χ2n) is 3.46. The number of nitrogens with zero attached hydrogens (tertiary/aromatic N) is 1. The molecule has 0 unspecified atom stereocenters. The van der Waals surface area contributed by atoms with Gasteiger partial charge in [0, 0.05) is 19.2 Å². The van der Waals surface area contributed by atoms with E-state index in [1.807, 2.05) is 0 Å². The second-order valence-corrected chi connectivity index (χ2v) is 3.46. The molecular formula is C11H12N2O3. The lowest BCUT2D eigenvalue weighted by molar-refractivity contribution is -0.114. The van der Waals surface area contributed by atoms with Gasteiger partial charge in [0.1, 0.15) is 5.75 Å². The average Bonchev–Trinajstić information content (AvgIpc) is 2.54. The van der Waals surface area contributed by atoms with Gasteiger partial charge < -0.3 is 15.4 Å². The van der Waals surface area contributed by atoms with E-state index in [4.69, 9.17) is 10.5 Å². The van der Waals surface area contributed by atoms with E-state index >= 15 is 0 Å². The molecule has 1 aliphatic heterocycles. The van der Waals surface area contributed by atoms with Crippen molar-refractivity contribution >= 4 is 17.4 Å². The molecule has 5 heteroatoms. The first-order valence-electron chi connectivity index (χ1n) is 4.93. The van der Waals surface area contributed by atoms with E-state index < -0.39 is 11.7 Å². The van der Waals surface area contributed by atoms with E-state index in [0.717, 1.165) is 0 Å². The number of anilines is 1. The molecule has 1 heterocycles. The molecule has 5 nitrogen and oxygen atoms in total. The Morgan fingerprint density at radius 3 is 2.75 bits per heavy atom. The first-order valence-corrected chi connectivity index (χ1v) is 4.93. The van der Waals surface area contributed by atoms with Crippen molar-refractivity contribution in [2.45, 2.75) is 0 Å². The number of hydrogen-bond acceptors (Lipinski definition) is 4. The van der Waals surface area contributed by atoms with E-state index in [1.165, 1.54) is 12.0 Å². The topological polar surface area (TPSA) is 72.6 Å². The van der Waals surface area contributed by atoms with Crippen LogP contribution in [0.15, 0.2) is 18.2 Å². The van der Waals surface area contributed by atoms with Crippen LogP contribution < -0.4 is 15.4 Å². The third kappa shape index (κ3) is 1.45. The maximum absolute atomic E-state index is 11.6. The predicted octanol–water partition coefficient (Wildman–Crippen LogP) is 0.183. The molecule has 0 radical (unpaired) electrons. The summed E-state index contributed by atoms with van der Waals surface area (Å²) in [4.78, 5) is 24.6.